The quantitative estimate of drug-likeness (QED) is 0.319. The first-order chi connectivity index (χ1) is 15.6. The highest BCUT2D eigenvalue weighted by atomic mass is 35.5. The predicted octanol–water partition coefficient (Wildman–Crippen LogP) is 7.05. The molecule has 1 aliphatic rings. The number of nitrogens with one attached hydrogen (secondary N) is 1. The third-order valence-electron chi connectivity index (χ3n) is 6.32. The minimum absolute atomic E-state index is 0.0389. The molecule has 0 bridgehead atoms. The molecule has 1 aromatic carbocycles. The van der Waals surface area contributed by atoms with Gasteiger partial charge in [-0.25, -0.2) is 0 Å². The summed E-state index contributed by atoms with van der Waals surface area (Å²) in [7, 11) is 2.02. The third kappa shape index (κ3) is 4.25. The van der Waals surface area contributed by atoms with Gasteiger partial charge in [-0.2, -0.15) is 0 Å². The fraction of sp³-hybridized carbons (Fsp3) is 0.320. The first kappa shape index (κ1) is 21.7. The molecule has 4 aromatic rings. The van der Waals surface area contributed by atoms with E-state index in [9.17, 15) is 4.79 Å². The van der Waals surface area contributed by atoms with E-state index in [2.05, 4.69) is 21.7 Å². The lowest BCUT2D eigenvalue weighted by atomic mass is 9.90. The number of halogens is 1. The van der Waals surface area contributed by atoms with Gasteiger partial charge < -0.3 is 14.6 Å². The van der Waals surface area contributed by atoms with E-state index in [1.54, 1.807) is 17.6 Å². The van der Waals surface area contributed by atoms with Crippen molar-refractivity contribution in [3.05, 3.63) is 68.9 Å². The van der Waals surface area contributed by atoms with Crippen molar-refractivity contribution in [1.82, 2.24) is 10.2 Å². The zero-order valence-electron chi connectivity index (χ0n) is 17.8. The second-order valence-electron chi connectivity index (χ2n) is 8.25. The van der Waals surface area contributed by atoms with Crippen LogP contribution in [-0.4, -0.2) is 29.9 Å². The van der Waals surface area contributed by atoms with Gasteiger partial charge in [0.05, 0.1) is 17.8 Å². The molecule has 0 atom stereocenters. The van der Waals surface area contributed by atoms with Gasteiger partial charge in [0.1, 0.15) is 10.6 Å². The van der Waals surface area contributed by atoms with Gasteiger partial charge in [-0.1, -0.05) is 29.8 Å². The summed E-state index contributed by atoms with van der Waals surface area (Å²) in [6, 6.07) is 14.7. The summed E-state index contributed by atoms with van der Waals surface area (Å²) < 4.78 is 6.60. The van der Waals surface area contributed by atoms with E-state index in [1.165, 1.54) is 11.3 Å². The van der Waals surface area contributed by atoms with Crippen molar-refractivity contribution < 1.29 is 9.21 Å². The molecule has 1 N–H and O–H groups in total. The summed E-state index contributed by atoms with van der Waals surface area (Å²) in [5.74, 6) is 0.893. The van der Waals surface area contributed by atoms with Crippen molar-refractivity contribution in [3.63, 3.8) is 0 Å². The SMILES string of the molecule is CNC1CCC(N(Cc2cc(-c3ccco3)cs2)C(=O)c2sc3ccccc3c2Cl)CC1. The summed E-state index contributed by atoms with van der Waals surface area (Å²) in [6.45, 7) is 0.587. The highest BCUT2D eigenvalue weighted by Gasteiger charge is 2.31. The maximum Gasteiger partial charge on any atom is 0.266 e. The van der Waals surface area contributed by atoms with E-state index < -0.39 is 0 Å². The second kappa shape index (κ2) is 9.40. The molecule has 0 spiro atoms. The van der Waals surface area contributed by atoms with Crippen molar-refractivity contribution in [2.45, 2.75) is 44.3 Å². The number of amides is 1. The van der Waals surface area contributed by atoms with Crippen LogP contribution in [0.3, 0.4) is 0 Å². The normalized spacial score (nSPS) is 18.8. The molecule has 1 aliphatic carbocycles. The van der Waals surface area contributed by atoms with Crippen LogP contribution < -0.4 is 5.32 Å². The molecule has 0 saturated heterocycles. The van der Waals surface area contributed by atoms with E-state index in [0.717, 1.165) is 52.0 Å². The zero-order valence-corrected chi connectivity index (χ0v) is 20.2. The van der Waals surface area contributed by atoms with Crippen LogP contribution in [0.25, 0.3) is 21.4 Å². The number of fused-ring (bicyclic) bond motifs is 1. The first-order valence-electron chi connectivity index (χ1n) is 10.9. The molecule has 32 heavy (non-hydrogen) atoms. The van der Waals surface area contributed by atoms with E-state index >= 15 is 0 Å². The minimum atomic E-state index is 0.0389. The van der Waals surface area contributed by atoms with Crippen LogP contribution in [0.4, 0.5) is 0 Å². The molecule has 0 radical (unpaired) electrons. The van der Waals surface area contributed by atoms with Gasteiger partial charge in [0.15, 0.2) is 0 Å². The molecule has 3 aromatic heterocycles. The van der Waals surface area contributed by atoms with Gasteiger partial charge in [-0.3, -0.25) is 4.79 Å². The lowest BCUT2D eigenvalue weighted by molar-refractivity contribution is 0.0609. The number of rotatable bonds is 6. The molecule has 3 heterocycles. The topological polar surface area (TPSA) is 45.5 Å². The highest BCUT2D eigenvalue weighted by Crippen LogP contribution is 2.38. The number of hydrogen-bond acceptors (Lipinski definition) is 5. The van der Waals surface area contributed by atoms with Gasteiger partial charge >= 0.3 is 0 Å². The molecule has 5 rings (SSSR count). The largest absolute Gasteiger partial charge is 0.464 e. The smallest absolute Gasteiger partial charge is 0.266 e. The number of thiophene rings is 2. The monoisotopic (exact) mass is 484 g/mol. The Morgan fingerprint density at radius 2 is 2.00 bits per heavy atom. The molecule has 0 unspecified atom stereocenters. The van der Waals surface area contributed by atoms with Crippen LogP contribution >= 0.6 is 34.3 Å². The molecule has 1 fully saturated rings. The average Bonchev–Trinajstić information content (AvgIpc) is 3.58. The second-order valence-corrected chi connectivity index (χ2v) is 10.7. The van der Waals surface area contributed by atoms with E-state index in [1.807, 2.05) is 43.4 Å². The van der Waals surface area contributed by atoms with Crippen LogP contribution in [0.5, 0.6) is 0 Å². The van der Waals surface area contributed by atoms with Crippen molar-refractivity contribution in [2.24, 2.45) is 0 Å². The van der Waals surface area contributed by atoms with Crippen molar-refractivity contribution in [1.29, 1.82) is 0 Å². The van der Waals surface area contributed by atoms with Gasteiger partial charge in [-0.05, 0) is 57.0 Å². The lowest BCUT2D eigenvalue weighted by Crippen LogP contribution is -2.44. The number of nitrogens with zero attached hydrogens (tertiary/aromatic N) is 1. The summed E-state index contributed by atoms with van der Waals surface area (Å²) >= 11 is 9.87. The number of carbonyl (C=O) groups is 1. The summed E-state index contributed by atoms with van der Waals surface area (Å²) in [5.41, 5.74) is 1.06. The first-order valence-corrected chi connectivity index (χ1v) is 13.0. The minimum Gasteiger partial charge on any atom is -0.464 e. The van der Waals surface area contributed by atoms with Crippen LogP contribution in [0.1, 0.15) is 40.2 Å². The van der Waals surface area contributed by atoms with Gasteiger partial charge in [0.2, 0.25) is 0 Å². The third-order valence-corrected chi connectivity index (χ3v) is 8.91. The number of benzene rings is 1. The van der Waals surface area contributed by atoms with E-state index in [4.69, 9.17) is 16.0 Å². The maximum atomic E-state index is 13.8. The van der Waals surface area contributed by atoms with Crippen LogP contribution in [-0.2, 0) is 6.54 Å². The summed E-state index contributed by atoms with van der Waals surface area (Å²) in [5, 5.41) is 7.02. The molecule has 7 heteroatoms. The van der Waals surface area contributed by atoms with E-state index in [-0.39, 0.29) is 11.9 Å². The maximum absolute atomic E-state index is 13.8. The number of hydrogen-bond donors (Lipinski definition) is 1. The lowest BCUT2D eigenvalue weighted by Gasteiger charge is -2.36. The van der Waals surface area contributed by atoms with Gasteiger partial charge in [0.25, 0.3) is 5.91 Å². The molecule has 166 valence electrons. The van der Waals surface area contributed by atoms with Crippen molar-refractivity contribution in [3.8, 4) is 11.3 Å². The molecule has 4 nitrogen and oxygen atoms in total. The summed E-state index contributed by atoms with van der Waals surface area (Å²) in [4.78, 5) is 17.7. The Hall–Kier alpha value is -2.12. The predicted molar refractivity (Wildman–Crippen MR) is 134 cm³/mol. The Balaban J connectivity index is 1.45. The molecule has 1 saturated carbocycles. The fourth-order valence-electron chi connectivity index (χ4n) is 4.53. The molecule has 1 amide bonds. The Morgan fingerprint density at radius 1 is 1.19 bits per heavy atom. The van der Waals surface area contributed by atoms with E-state index in [0.29, 0.717) is 22.5 Å². The summed E-state index contributed by atoms with van der Waals surface area (Å²) in [6.07, 6.45) is 5.83. The van der Waals surface area contributed by atoms with Gasteiger partial charge in [0, 0.05) is 38.0 Å². The van der Waals surface area contributed by atoms with Crippen LogP contribution in [0.15, 0.2) is 58.5 Å². The van der Waals surface area contributed by atoms with Gasteiger partial charge in [-0.15, -0.1) is 22.7 Å². The highest BCUT2D eigenvalue weighted by molar-refractivity contribution is 7.21. The van der Waals surface area contributed by atoms with Crippen LogP contribution in [0.2, 0.25) is 5.02 Å². The molecular weight excluding hydrogens is 460 g/mol. The Morgan fingerprint density at radius 3 is 2.72 bits per heavy atom. The standard InChI is InChI=1S/C25H25ClN2O2S2/c1-27-17-8-10-18(11-9-17)28(14-19-13-16(15-31-19)21-6-4-12-30-21)25(29)24-23(26)20-5-2-3-7-22(20)32-24/h2-7,12-13,15,17-18,27H,8-11,14H2,1H3. The molecule has 0 aliphatic heterocycles. The molecular formula is C25H25ClN2O2S2. The Bertz CT molecular complexity index is 1210. The number of carbonyl (C=O) groups excluding carboxylic acids is 1. The Labute approximate surface area is 200 Å². The zero-order chi connectivity index (χ0) is 22.1. The fourth-order valence-corrected chi connectivity index (χ4v) is 6.87. The Kier molecular flexibility index (Phi) is 6.37. The van der Waals surface area contributed by atoms with Crippen molar-refractivity contribution >= 4 is 50.3 Å². The average molecular weight is 485 g/mol. The van der Waals surface area contributed by atoms with Crippen LogP contribution in [0, 0.1) is 0 Å². The number of furan rings is 1. The van der Waals surface area contributed by atoms with Crippen molar-refractivity contribution in [2.75, 3.05) is 7.05 Å².